The number of ether oxygens (including phenoxy) is 1. The minimum atomic E-state index is -4.23. The largest absolute Gasteiger partial charge is 0.495 e. The van der Waals surface area contributed by atoms with Crippen molar-refractivity contribution < 1.29 is 22.7 Å². The van der Waals surface area contributed by atoms with Crippen LogP contribution < -0.4 is 14.4 Å². The van der Waals surface area contributed by atoms with Crippen molar-refractivity contribution in [2.24, 2.45) is 0 Å². The fraction of sp³-hybridized carbons (Fsp3) is 0.333. The molecule has 2 amide bonds. The Morgan fingerprint density at radius 1 is 0.952 bits per heavy atom. The summed E-state index contributed by atoms with van der Waals surface area (Å²) in [6.07, 6.45) is 1.95. The van der Waals surface area contributed by atoms with Gasteiger partial charge in [-0.25, -0.2) is 8.42 Å². The maximum absolute atomic E-state index is 14.1. The lowest BCUT2D eigenvalue weighted by molar-refractivity contribution is -0.140. The molecule has 0 saturated carbocycles. The minimum Gasteiger partial charge on any atom is -0.495 e. The van der Waals surface area contributed by atoms with Crippen LogP contribution in [0.15, 0.2) is 71.6 Å². The van der Waals surface area contributed by atoms with Crippen LogP contribution in [0.2, 0.25) is 15.1 Å². The molecule has 0 aliphatic carbocycles. The molecule has 0 aromatic heterocycles. The average molecular weight is 655 g/mol. The van der Waals surface area contributed by atoms with Crippen LogP contribution in [-0.2, 0) is 26.2 Å². The zero-order chi connectivity index (χ0) is 30.9. The number of benzene rings is 3. The van der Waals surface area contributed by atoms with Crippen molar-refractivity contribution in [3.63, 3.8) is 0 Å². The van der Waals surface area contributed by atoms with E-state index in [-0.39, 0.29) is 34.5 Å². The van der Waals surface area contributed by atoms with Crippen LogP contribution >= 0.6 is 34.8 Å². The highest BCUT2D eigenvalue weighted by Gasteiger charge is 2.34. The first-order valence-electron chi connectivity index (χ1n) is 13.5. The van der Waals surface area contributed by atoms with Gasteiger partial charge in [-0.05, 0) is 60.9 Å². The standard InChI is InChI=1S/C30H34Cl3N3O5S/c1-4-6-16-34-30(38)27(5-2)35(19-21-12-13-22(31)17-25(21)32)29(37)20-36(23-14-15-28(41-3)26(33)18-23)42(39,40)24-10-8-7-9-11-24/h7-15,17-18,27H,4-6,16,19-20H2,1-3H3,(H,34,38)/t27-/m0/s1. The van der Waals surface area contributed by atoms with Gasteiger partial charge in [-0.2, -0.15) is 0 Å². The summed E-state index contributed by atoms with van der Waals surface area (Å²) < 4.78 is 34.0. The molecule has 0 bridgehead atoms. The van der Waals surface area contributed by atoms with E-state index >= 15 is 0 Å². The van der Waals surface area contributed by atoms with Gasteiger partial charge in [0.2, 0.25) is 11.8 Å². The molecule has 0 aliphatic rings. The molecule has 1 atom stereocenters. The summed E-state index contributed by atoms with van der Waals surface area (Å²) in [6.45, 7) is 3.60. The lowest BCUT2D eigenvalue weighted by Gasteiger charge is -2.33. The van der Waals surface area contributed by atoms with Gasteiger partial charge in [0.05, 0.1) is 22.7 Å². The highest BCUT2D eigenvalue weighted by Crippen LogP contribution is 2.32. The molecule has 0 unspecified atom stereocenters. The van der Waals surface area contributed by atoms with E-state index in [4.69, 9.17) is 39.5 Å². The number of unbranched alkanes of at least 4 members (excludes halogenated alkanes) is 1. The maximum Gasteiger partial charge on any atom is 0.264 e. The van der Waals surface area contributed by atoms with E-state index in [1.807, 2.05) is 6.92 Å². The summed E-state index contributed by atoms with van der Waals surface area (Å²) in [4.78, 5) is 28.8. The molecule has 3 aromatic rings. The van der Waals surface area contributed by atoms with Gasteiger partial charge in [0.1, 0.15) is 18.3 Å². The first kappa shape index (κ1) is 33.5. The van der Waals surface area contributed by atoms with E-state index in [2.05, 4.69) is 5.32 Å². The molecule has 0 spiro atoms. The fourth-order valence-corrected chi connectivity index (χ4v) is 6.47. The molecule has 8 nitrogen and oxygen atoms in total. The molecule has 226 valence electrons. The Morgan fingerprint density at radius 3 is 2.26 bits per heavy atom. The lowest BCUT2D eigenvalue weighted by Crippen LogP contribution is -2.52. The van der Waals surface area contributed by atoms with Crippen LogP contribution in [-0.4, -0.2) is 51.4 Å². The Balaban J connectivity index is 2.08. The van der Waals surface area contributed by atoms with Crippen LogP contribution in [0, 0.1) is 0 Å². The van der Waals surface area contributed by atoms with Gasteiger partial charge in [0, 0.05) is 23.1 Å². The molecular formula is C30H34Cl3N3O5S. The second-order valence-corrected chi connectivity index (χ2v) is 12.6. The highest BCUT2D eigenvalue weighted by atomic mass is 35.5. The van der Waals surface area contributed by atoms with Crippen molar-refractivity contribution in [2.45, 2.75) is 50.6 Å². The van der Waals surface area contributed by atoms with Crippen molar-refractivity contribution in [3.8, 4) is 5.75 Å². The van der Waals surface area contributed by atoms with Gasteiger partial charge in [-0.3, -0.25) is 13.9 Å². The normalized spacial score (nSPS) is 12.0. The zero-order valence-electron chi connectivity index (χ0n) is 23.6. The third-order valence-electron chi connectivity index (χ3n) is 6.60. The summed E-state index contributed by atoms with van der Waals surface area (Å²) in [5.41, 5.74) is 0.710. The second kappa shape index (κ2) is 15.5. The first-order valence-corrected chi connectivity index (χ1v) is 16.0. The van der Waals surface area contributed by atoms with Crippen LogP contribution in [0.4, 0.5) is 5.69 Å². The highest BCUT2D eigenvalue weighted by molar-refractivity contribution is 7.92. The molecule has 0 radical (unpaired) electrons. The van der Waals surface area contributed by atoms with Crippen LogP contribution in [0.1, 0.15) is 38.7 Å². The predicted molar refractivity (Wildman–Crippen MR) is 168 cm³/mol. The third kappa shape index (κ3) is 8.31. The Bertz CT molecular complexity index is 1490. The van der Waals surface area contributed by atoms with Crippen LogP contribution in [0.5, 0.6) is 5.75 Å². The number of hydrogen-bond donors (Lipinski definition) is 1. The minimum absolute atomic E-state index is 0.0126. The van der Waals surface area contributed by atoms with Gasteiger partial charge < -0.3 is 15.0 Å². The number of hydrogen-bond acceptors (Lipinski definition) is 5. The van der Waals surface area contributed by atoms with E-state index < -0.39 is 28.5 Å². The molecule has 0 heterocycles. The Morgan fingerprint density at radius 2 is 1.67 bits per heavy atom. The van der Waals surface area contributed by atoms with Crippen molar-refractivity contribution in [2.75, 3.05) is 24.5 Å². The summed E-state index contributed by atoms with van der Waals surface area (Å²) in [6, 6.07) is 16.2. The van der Waals surface area contributed by atoms with Gasteiger partial charge in [-0.1, -0.05) is 79.3 Å². The number of nitrogens with one attached hydrogen (secondary N) is 1. The molecular weight excluding hydrogens is 621 g/mol. The van der Waals surface area contributed by atoms with E-state index in [0.29, 0.717) is 27.9 Å². The van der Waals surface area contributed by atoms with E-state index in [0.717, 1.165) is 17.1 Å². The molecule has 0 aliphatic heterocycles. The maximum atomic E-state index is 14.1. The van der Waals surface area contributed by atoms with Gasteiger partial charge >= 0.3 is 0 Å². The Kier molecular flexibility index (Phi) is 12.4. The number of sulfonamides is 1. The monoisotopic (exact) mass is 653 g/mol. The topological polar surface area (TPSA) is 96.0 Å². The molecule has 3 aromatic carbocycles. The van der Waals surface area contributed by atoms with Crippen molar-refractivity contribution in [1.29, 1.82) is 0 Å². The summed E-state index contributed by atoms with van der Waals surface area (Å²) in [7, 11) is -2.79. The number of rotatable bonds is 14. The van der Waals surface area contributed by atoms with Crippen LogP contribution in [0.3, 0.4) is 0 Å². The third-order valence-corrected chi connectivity index (χ3v) is 9.28. The molecule has 0 saturated heterocycles. The van der Waals surface area contributed by atoms with Crippen LogP contribution in [0.25, 0.3) is 0 Å². The molecule has 1 N–H and O–H groups in total. The number of carbonyl (C=O) groups is 2. The Hall–Kier alpha value is -2.98. The van der Waals surface area contributed by atoms with E-state index in [9.17, 15) is 18.0 Å². The average Bonchev–Trinajstić information content (AvgIpc) is 2.97. The first-order chi connectivity index (χ1) is 20.0. The number of amides is 2. The fourth-order valence-electron chi connectivity index (χ4n) is 4.32. The molecule has 12 heteroatoms. The van der Waals surface area contributed by atoms with Crippen molar-refractivity contribution >= 4 is 62.3 Å². The van der Waals surface area contributed by atoms with Gasteiger partial charge in [-0.15, -0.1) is 0 Å². The summed E-state index contributed by atoms with van der Waals surface area (Å²) in [5.74, 6) is -0.600. The summed E-state index contributed by atoms with van der Waals surface area (Å²) in [5, 5.41) is 3.80. The van der Waals surface area contributed by atoms with E-state index in [1.54, 1.807) is 43.3 Å². The smallest absolute Gasteiger partial charge is 0.264 e. The summed E-state index contributed by atoms with van der Waals surface area (Å²) >= 11 is 18.9. The molecule has 42 heavy (non-hydrogen) atoms. The Labute approximate surface area is 262 Å². The van der Waals surface area contributed by atoms with Crippen molar-refractivity contribution in [1.82, 2.24) is 10.2 Å². The molecule has 0 fully saturated rings. The van der Waals surface area contributed by atoms with E-state index in [1.165, 1.54) is 42.3 Å². The van der Waals surface area contributed by atoms with Gasteiger partial charge in [0.25, 0.3) is 10.0 Å². The predicted octanol–water partition coefficient (Wildman–Crippen LogP) is 6.57. The number of halogens is 3. The lowest BCUT2D eigenvalue weighted by atomic mass is 10.1. The number of anilines is 1. The van der Waals surface area contributed by atoms with Crippen molar-refractivity contribution in [3.05, 3.63) is 87.4 Å². The number of nitrogens with zero attached hydrogens (tertiary/aromatic N) is 2. The second-order valence-electron chi connectivity index (χ2n) is 9.47. The molecule has 3 rings (SSSR count). The number of carbonyl (C=O) groups excluding carboxylic acids is 2. The zero-order valence-corrected chi connectivity index (χ0v) is 26.7. The quantitative estimate of drug-likeness (QED) is 0.198. The SMILES string of the molecule is CCCCNC(=O)[C@H](CC)N(Cc1ccc(Cl)cc1Cl)C(=O)CN(c1ccc(OC)c(Cl)c1)S(=O)(=O)c1ccccc1. The number of methoxy groups -OCH3 is 1. The van der Waals surface area contributed by atoms with Gasteiger partial charge in [0.15, 0.2) is 0 Å².